The Hall–Kier alpha value is -1.33. The fourth-order valence-electron chi connectivity index (χ4n) is 1.55. The summed E-state index contributed by atoms with van der Waals surface area (Å²) in [5.41, 5.74) is 6.20. The summed E-state index contributed by atoms with van der Waals surface area (Å²) in [6.07, 6.45) is 2.49. The zero-order chi connectivity index (χ0) is 13.8. The third-order valence-corrected chi connectivity index (χ3v) is 3.28. The molecule has 2 rings (SSSR count). The summed E-state index contributed by atoms with van der Waals surface area (Å²) in [7, 11) is 0. The van der Waals surface area contributed by atoms with Gasteiger partial charge in [0, 0.05) is 11.6 Å². The second-order valence-electron chi connectivity index (χ2n) is 4.45. The van der Waals surface area contributed by atoms with Crippen molar-refractivity contribution in [2.45, 2.75) is 25.3 Å². The first-order valence-electron chi connectivity index (χ1n) is 6.08. The van der Waals surface area contributed by atoms with Gasteiger partial charge in [-0.05, 0) is 31.0 Å². The van der Waals surface area contributed by atoms with E-state index in [2.05, 4.69) is 5.32 Å². The number of benzene rings is 1. The molecule has 0 atom stereocenters. The molecule has 1 aromatic rings. The Labute approximate surface area is 122 Å². The summed E-state index contributed by atoms with van der Waals surface area (Å²) in [4.78, 5) is 11.7. The van der Waals surface area contributed by atoms with Gasteiger partial charge in [0.1, 0.15) is 10.7 Å². The normalized spacial score (nSPS) is 13.9. The minimum atomic E-state index is 0.0124. The fraction of sp³-hybridized carbons (Fsp3) is 0.385. The maximum Gasteiger partial charge on any atom is 0.223 e. The van der Waals surface area contributed by atoms with Crippen molar-refractivity contribution < 1.29 is 9.53 Å². The molecular formula is C13H15ClN2O2S. The smallest absolute Gasteiger partial charge is 0.223 e. The van der Waals surface area contributed by atoms with Crippen molar-refractivity contribution in [3.8, 4) is 5.75 Å². The first-order valence-corrected chi connectivity index (χ1v) is 6.86. The predicted molar refractivity (Wildman–Crippen MR) is 78.6 cm³/mol. The Morgan fingerprint density at radius 1 is 1.53 bits per heavy atom. The number of carbonyl (C=O) groups excluding carboxylic acids is 1. The summed E-state index contributed by atoms with van der Waals surface area (Å²) in [6, 6.07) is 5.48. The highest BCUT2D eigenvalue weighted by Gasteiger charge is 2.22. The lowest BCUT2D eigenvalue weighted by molar-refractivity contribution is -0.121. The highest BCUT2D eigenvalue weighted by atomic mass is 35.5. The van der Waals surface area contributed by atoms with Gasteiger partial charge in [-0.2, -0.15) is 0 Å². The molecular weight excluding hydrogens is 284 g/mol. The second-order valence-corrected chi connectivity index (χ2v) is 5.30. The molecule has 0 saturated heterocycles. The van der Waals surface area contributed by atoms with Gasteiger partial charge < -0.3 is 15.8 Å². The summed E-state index contributed by atoms with van der Waals surface area (Å²) >= 11 is 10.9. The first-order chi connectivity index (χ1) is 9.06. The molecule has 1 fully saturated rings. The average Bonchev–Trinajstić information content (AvgIpc) is 3.14. The third kappa shape index (κ3) is 4.36. The van der Waals surface area contributed by atoms with Crippen LogP contribution >= 0.6 is 23.8 Å². The van der Waals surface area contributed by atoms with E-state index in [9.17, 15) is 4.79 Å². The SMILES string of the molecule is NC(=S)c1ccc(OCCC(=O)NC2CC2)c(Cl)c1. The van der Waals surface area contributed by atoms with Crippen LogP contribution < -0.4 is 15.8 Å². The summed E-state index contributed by atoms with van der Waals surface area (Å²) in [5.74, 6) is 0.541. The lowest BCUT2D eigenvalue weighted by atomic mass is 10.2. The number of nitrogens with two attached hydrogens (primary N) is 1. The minimum Gasteiger partial charge on any atom is -0.491 e. The van der Waals surface area contributed by atoms with Crippen LogP contribution in [0.2, 0.25) is 5.02 Å². The number of rotatable bonds is 6. The molecule has 0 radical (unpaired) electrons. The molecule has 0 aliphatic heterocycles. The Kier molecular flexibility index (Phi) is 4.61. The van der Waals surface area contributed by atoms with Gasteiger partial charge in [0.25, 0.3) is 0 Å². The summed E-state index contributed by atoms with van der Waals surface area (Å²) < 4.78 is 5.47. The van der Waals surface area contributed by atoms with E-state index >= 15 is 0 Å². The molecule has 0 unspecified atom stereocenters. The molecule has 0 heterocycles. The lowest BCUT2D eigenvalue weighted by Gasteiger charge is -2.09. The van der Waals surface area contributed by atoms with Crippen LogP contribution in [-0.2, 0) is 4.79 Å². The number of hydrogen-bond donors (Lipinski definition) is 2. The molecule has 1 aromatic carbocycles. The number of carbonyl (C=O) groups is 1. The molecule has 4 nitrogen and oxygen atoms in total. The first kappa shape index (κ1) is 14.1. The second kappa shape index (κ2) is 6.21. The average molecular weight is 299 g/mol. The van der Waals surface area contributed by atoms with Gasteiger partial charge in [-0.15, -0.1) is 0 Å². The molecule has 0 aromatic heterocycles. The molecule has 3 N–H and O–H groups in total. The Bertz CT molecular complexity index is 503. The number of halogens is 1. The molecule has 1 saturated carbocycles. The van der Waals surface area contributed by atoms with Gasteiger partial charge in [-0.1, -0.05) is 23.8 Å². The lowest BCUT2D eigenvalue weighted by Crippen LogP contribution is -2.26. The van der Waals surface area contributed by atoms with Crippen LogP contribution in [0, 0.1) is 0 Å². The highest BCUT2D eigenvalue weighted by molar-refractivity contribution is 7.80. The number of nitrogens with one attached hydrogen (secondary N) is 1. The number of amides is 1. The van der Waals surface area contributed by atoms with Crippen molar-refractivity contribution >= 4 is 34.7 Å². The molecule has 1 aliphatic rings. The number of thiocarbonyl (C=S) groups is 1. The van der Waals surface area contributed by atoms with Gasteiger partial charge in [-0.3, -0.25) is 4.79 Å². The van der Waals surface area contributed by atoms with Crippen molar-refractivity contribution in [1.82, 2.24) is 5.32 Å². The van der Waals surface area contributed by atoms with Gasteiger partial charge >= 0.3 is 0 Å². The van der Waals surface area contributed by atoms with E-state index < -0.39 is 0 Å². The zero-order valence-corrected chi connectivity index (χ0v) is 11.9. The number of hydrogen-bond acceptors (Lipinski definition) is 3. The third-order valence-electron chi connectivity index (χ3n) is 2.75. The quantitative estimate of drug-likeness (QED) is 0.789. The van der Waals surface area contributed by atoms with Crippen LogP contribution in [0.15, 0.2) is 18.2 Å². The standard InChI is InChI=1S/C13H15ClN2O2S/c14-10-7-8(13(15)19)1-4-11(10)18-6-5-12(17)16-9-2-3-9/h1,4,7,9H,2-3,5-6H2,(H2,15,19)(H,16,17). The van der Waals surface area contributed by atoms with Crippen molar-refractivity contribution in [3.63, 3.8) is 0 Å². The molecule has 0 bridgehead atoms. The minimum absolute atomic E-state index is 0.0124. The van der Waals surface area contributed by atoms with E-state index in [1.807, 2.05) is 0 Å². The van der Waals surface area contributed by atoms with Crippen LogP contribution in [0.4, 0.5) is 0 Å². The maximum absolute atomic E-state index is 11.5. The van der Waals surface area contributed by atoms with Crippen LogP contribution in [0.3, 0.4) is 0 Å². The topological polar surface area (TPSA) is 64.3 Å². The molecule has 0 spiro atoms. The summed E-state index contributed by atoms with van der Waals surface area (Å²) in [5, 5.41) is 3.33. The van der Waals surface area contributed by atoms with E-state index in [4.69, 9.17) is 34.3 Å². The van der Waals surface area contributed by atoms with Crippen molar-refractivity contribution in [2.24, 2.45) is 5.73 Å². The van der Waals surface area contributed by atoms with E-state index in [1.165, 1.54) is 0 Å². The van der Waals surface area contributed by atoms with Gasteiger partial charge in [0.15, 0.2) is 0 Å². The van der Waals surface area contributed by atoms with E-state index in [-0.39, 0.29) is 10.9 Å². The monoisotopic (exact) mass is 298 g/mol. The maximum atomic E-state index is 11.5. The van der Waals surface area contributed by atoms with Crippen LogP contribution in [0.1, 0.15) is 24.8 Å². The van der Waals surface area contributed by atoms with E-state index in [1.54, 1.807) is 18.2 Å². The Balaban J connectivity index is 1.81. The van der Waals surface area contributed by atoms with Crippen LogP contribution in [-0.4, -0.2) is 23.5 Å². The molecule has 6 heteroatoms. The Morgan fingerprint density at radius 3 is 2.84 bits per heavy atom. The fourth-order valence-corrected chi connectivity index (χ4v) is 1.91. The molecule has 102 valence electrons. The largest absolute Gasteiger partial charge is 0.491 e. The van der Waals surface area contributed by atoms with Crippen molar-refractivity contribution in [2.75, 3.05) is 6.61 Å². The summed E-state index contributed by atoms with van der Waals surface area (Å²) in [6.45, 7) is 0.296. The Morgan fingerprint density at radius 2 is 2.26 bits per heavy atom. The van der Waals surface area contributed by atoms with Crippen LogP contribution in [0.5, 0.6) is 5.75 Å². The zero-order valence-electron chi connectivity index (χ0n) is 10.3. The van der Waals surface area contributed by atoms with Gasteiger partial charge in [0.2, 0.25) is 5.91 Å². The van der Waals surface area contributed by atoms with Crippen molar-refractivity contribution in [3.05, 3.63) is 28.8 Å². The van der Waals surface area contributed by atoms with Crippen molar-refractivity contribution in [1.29, 1.82) is 0 Å². The predicted octanol–water partition coefficient (Wildman–Crippen LogP) is 2.02. The highest BCUT2D eigenvalue weighted by Crippen LogP contribution is 2.25. The molecule has 19 heavy (non-hydrogen) atoms. The van der Waals surface area contributed by atoms with Gasteiger partial charge in [0.05, 0.1) is 18.1 Å². The van der Waals surface area contributed by atoms with Crippen LogP contribution in [0.25, 0.3) is 0 Å². The van der Waals surface area contributed by atoms with E-state index in [0.717, 1.165) is 12.8 Å². The van der Waals surface area contributed by atoms with E-state index in [0.29, 0.717) is 35.4 Å². The molecule has 1 amide bonds. The van der Waals surface area contributed by atoms with Gasteiger partial charge in [-0.25, -0.2) is 0 Å². The molecule has 1 aliphatic carbocycles. The number of ether oxygens (including phenoxy) is 1.